The quantitative estimate of drug-likeness (QED) is 0.800. The number of morpholine rings is 1. The lowest BCUT2D eigenvalue weighted by molar-refractivity contribution is -0.122. The Bertz CT molecular complexity index is 405. The normalized spacial score (nSPS) is 18.6. The van der Waals surface area contributed by atoms with Crippen LogP contribution in [0.5, 0.6) is 0 Å². The van der Waals surface area contributed by atoms with Crippen molar-refractivity contribution in [3.05, 3.63) is 30.3 Å². The summed E-state index contributed by atoms with van der Waals surface area (Å²) >= 11 is 0. The van der Waals surface area contributed by atoms with E-state index in [9.17, 15) is 4.79 Å². The van der Waals surface area contributed by atoms with Crippen LogP contribution in [0.1, 0.15) is 6.42 Å². The molecule has 0 saturated carbocycles. The molecule has 0 spiro atoms. The van der Waals surface area contributed by atoms with Gasteiger partial charge in [0, 0.05) is 44.8 Å². The van der Waals surface area contributed by atoms with Gasteiger partial charge in [-0.3, -0.25) is 4.79 Å². The minimum atomic E-state index is 0.0782. The summed E-state index contributed by atoms with van der Waals surface area (Å²) in [5, 5.41) is 6.23. The third-order valence-electron chi connectivity index (χ3n) is 3.40. The van der Waals surface area contributed by atoms with Gasteiger partial charge in [0.15, 0.2) is 0 Å². The van der Waals surface area contributed by atoms with E-state index in [1.54, 1.807) is 0 Å². The molecule has 1 amide bonds. The first-order chi connectivity index (χ1) is 9.75. The van der Waals surface area contributed by atoms with Crippen molar-refractivity contribution in [3.63, 3.8) is 0 Å². The van der Waals surface area contributed by atoms with Crippen LogP contribution in [-0.4, -0.2) is 51.8 Å². The molecular weight excluding hydrogens is 254 g/mol. The van der Waals surface area contributed by atoms with E-state index in [0.717, 1.165) is 25.4 Å². The number of para-hydroxylation sites is 1. The van der Waals surface area contributed by atoms with Crippen LogP contribution < -0.4 is 15.5 Å². The second kappa shape index (κ2) is 7.87. The molecule has 2 N–H and O–H groups in total. The molecule has 5 nitrogen and oxygen atoms in total. The molecule has 1 aromatic rings. The molecule has 1 heterocycles. The number of ether oxygens (including phenoxy) is 1. The Hall–Kier alpha value is -1.59. The van der Waals surface area contributed by atoms with Crippen LogP contribution in [0.25, 0.3) is 0 Å². The number of nitrogens with zero attached hydrogens (tertiary/aromatic N) is 1. The highest BCUT2D eigenvalue weighted by molar-refractivity contribution is 5.76. The second-order valence-corrected chi connectivity index (χ2v) is 5.04. The number of carbonyl (C=O) groups is 1. The fourth-order valence-electron chi connectivity index (χ4n) is 2.22. The summed E-state index contributed by atoms with van der Waals surface area (Å²) < 4.78 is 5.33. The zero-order chi connectivity index (χ0) is 14.2. The summed E-state index contributed by atoms with van der Waals surface area (Å²) in [5.74, 6) is 0.0782. The first-order valence-corrected chi connectivity index (χ1v) is 7.10. The van der Waals surface area contributed by atoms with Gasteiger partial charge in [0.05, 0.1) is 13.2 Å². The van der Waals surface area contributed by atoms with Gasteiger partial charge < -0.3 is 20.3 Å². The van der Waals surface area contributed by atoms with Gasteiger partial charge in [-0.1, -0.05) is 18.2 Å². The molecule has 1 atom stereocenters. The van der Waals surface area contributed by atoms with E-state index < -0.39 is 0 Å². The van der Waals surface area contributed by atoms with Crippen LogP contribution in [0.3, 0.4) is 0 Å². The predicted molar refractivity (Wildman–Crippen MR) is 79.9 cm³/mol. The molecule has 1 fully saturated rings. The van der Waals surface area contributed by atoms with Crippen molar-refractivity contribution in [2.24, 2.45) is 0 Å². The molecule has 20 heavy (non-hydrogen) atoms. The van der Waals surface area contributed by atoms with E-state index in [-0.39, 0.29) is 11.9 Å². The Kier molecular flexibility index (Phi) is 5.83. The van der Waals surface area contributed by atoms with Crippen molar-refractivity contribution in [3.8, 4) is 0 Å². The van der Waals surface area contributed by atoms with E-state index in [0.29, 0.717) is 19.6 Å². The largest absolute Gasteiger partial charge is 0.378 e. The van der Waals surface area contributed by atoms with Crippen LogP contribution in [0, 0.1) is 0 Å². The number of hydrogen-bond donors (Lipinski definition) is 2. The van der Waals surface area contributed by atoms with Crippen LogP contribution >= 0.6 is 0 Å². The molecular formula is C15H23N3O2. The Morgan fingerprint density at radius 2 is 2.25 bits per heavy atom. The molecule has 0 aromatic heterocycles. The van der Waals surface area contributed by atoms with Gasteiger partial charge in [-0.15, -0.1) is 0 Å². The molecule has 1 aliphatic rings. The van der Waals surface area contributed by atoms with Crippen LogP contribution in [-0.2, 0) is 9.53 Å². The van der Waals surface area contributed by atoms with Gasteiger partial charge in [0.2, 0.25) is 5.91 Å². The monoisotopic (exact) mass is 277 g/mol. The molecule has 2 rings (SSSR count). The van der Waals surface area contributed by atoms with Gasteiger partial charge >= 0.3 is 0 Å². The summed E-state index contributed by atoms with van der Waals surface area (Å²) in [4.78, 5) is 13.9. The van der Waals surface area contributed by atoms with E-state index in [1.165, 1.54) is 0 Å². The van der Waals surface area contributed by atoms with Crippen molar-refractivity contribution in [1.82, 2.24) is 10.6 Å². The lowest BCUT2D eigenvalue weighted by Gasteiger charge is -2.23. The maximum Gasteiger partial charge on any atom is 0.221 e. The maximum atomic E-state index is 11.8. The van der Waals surface area contributed by atoms with Crippen molar-refractivity contribution >= 4 is 11.6 Å². The fourth-order valence-corrected chi connectivity index (χ4v) is 2.22. The van der Waals surface area contributed by atoms with Gasteiger partial charge in [-0.2, -0.15) is 0 Å². The standard InChI is InChI=1S/C15H23N3O2/c1-18(14-5-3-2-4-6-14)9-7-17-15(19)11-13-12-20-10-8-16-13/h2-6,13,16H,7-12H2,1H3,(H,17,19). The Balaban J connectivity index is 1.63. The molecule has 1 aliphatic heterocycles. The highest BCUT2D eigenvalue weighted by Gasteiger charge is 2.16. The number of likely N-dealkylation sites (N-methyl/N-ethyl adjacent to an activating group) is 1. The molecule has 1 aromatic carbocycles. The SMILES string of the molecule is CN(CCNC(=O)CC1COCCN1)c1ccccc1. The molecule has 5 heteroatoms. The highest BCUT2D eigenvalue weighted by atomic mass is 16.5. The number of hydrogen-bond acceptors (Lipinski definition) is 4. The number of amides is 1. The van der Waals surface area contributed by atoms with Gasteiger partial charge in [-0.25, -0.2) is 0 Å². The Morgan fingerprint density at radius 1 is 1.45 bits per heavy atom. The minimum absolute atomic E-state index is 0.0782. The third kappa shape index (κ3) is 4.83. The average Bonchev–Trinajstić information content (AvgIpc) is 2.49. The number of benzene rings is 1. The molecule has 0 bridgehead atoms. The average molecular weight is 277 g/mol. The van der Waals surface area contributed by atoms with Crippen molar-refractivity contribution in [2.75, 3.05) is 44.8 Å². The first kappa shape index (κ1) is 14.8. The van der Waals surface area contributed by atoms with Crippen molar-refractivity contribution in [2.45, 2.75) is 12.5 Å². The second-order valence-electron chi connectivity index (χ2n) is 5.04. The topological polar surface area (TPSA) is 53.6 Å². The first-order valence-electron chi connectivity index (χ1n) is 7.10. The Morgan fingerprint density at radius 3 is 2.95 bits per heavy atom. The van der Waals surface area contributed by atoms with Crippen LogP contribution in [0.2, 0.25) is 0 Å². The van der Waals surface area contributed by atoms with Crippen LogP contribution in [0.4, 0.5) is 5.69 Å². The summed E-state index contributed by atoms with van der Waals surface area (Å²) in [5.41, 5.74) is 1.16. The molecule has 1 saturated heterocycles. The number of nitrogens with one attached hydrogen (secondary N) is 2. The zero-order valence-corrected chi connectivity index (χ0v) is 12.0. The van der Waals surface area contributed by atoms with Crippen molar-refractivity contribution in [1.29, 1.82) is 0 Å². The lowest BCUT2D eigenvalue weighted by Crippen LogP contribution is -2.44. The predicted octanol–water partition coefficient (Wildman–Crippen LogP) is 0.618. The molecule has 110 valence electrons. The number of carbonyl (C=O) groups excluding carboxylic acids is 1. The van der Waals surface area contributed by atoms with Gasteiger partial charge in [0.1, 0.15) is 0 Å². The van der Waals surface area contributed by atoms with E-state index in [2.05, 4.69) is 27.7 Å². The van der Waals surface area contributed by atoms with Gasteiger partial charge in [-0.05, 0) is 12.1 Å². The van der Waals surface area contributed by atoms with E-state index in [1.807, 2.05) is 25.2 Å². The molecule has 0 aliphatic carbocycles. The zero-order valence-electron chi connectivity index (χ0n) is 12.0. The lowest BCUT2D eigenvalue weighted by atomic mass is 10.2. The van der Waals surface area contributed by atoms with Crippen LogP contribution in [0.15, 0.2) is 30.3 Å². The third-order valence-corrected chi connectivity index (χ3v) is 3.40. The summed E-state index contributed by atoms with van der Waals surface area (Å²) in [6, 6.07) is 10.3. The number of rotatable bonds is 6. The van der Waals surface area contributed by atoms with Crippen molar-refractivity contribution < 1.29 is 9.53 Å². The summed E-state index contributed by atoms with van der Waals surface area (Å²) in [7, 11) is 2.03. The summed E-state index contributed by atoms with van der Waals surface area (Å²) in [6.07, 6.45) is 0.481. The smallest absolute Gasteiger partial charge is 0.221 e. The van der Waals surface area contributed by atoms with E-state index >= 15 is 0 Å². The minimum Gasteiger partial charge on any atom is -0.378 e. The maximum absolute atomic E-state index is 11.8. The van der Waals surface area contributed by atoms with Gasteiger partial charge in [0.25, 0.3) is 0 Å². The Labute approximate surface area is 120 Å². The highest BCUT2D eigenvalue weighted by Crippen LogP contribution is 2.09. The molecule has 0 radical (unpaired) electrons. The van der Waals surface area contributed by atoms with E-state index in [4.69, 9.17) is 4.74 Å². The summed E-state index contributed by atoms with van der Waals surface area (Å²) in [6.45, 7) is 3.63. The fraction of sp³-hybridized carbons (Fsp3) is 0.533. The number of anilines is 1. The molecule has 1 unspecified atom stereocenters.